The summed E-state index contributed by atoms with van der Waals surface area (Å²) in [6.07, 6.45) is 0. The van der Waals surface area contributed by atoms with Crippen LogP contribution >= 0.6 is 0 Å². The van der Waals surface area contributed by atoms with E-state index in [9.17, 15) is 14.7 Å². The van der Waals surface area contributed by atoms with Crippen molar-refractivity contribution in [2.75, 3.05) is 11.5 Å². The third-order valence-electron chi connectivity index (χ3n) is 6.93. The summed E-state index contributed by atoms with van der Waals surface area (Å²) in [5, 5.41) is 11.6. The van der Waals surface area contributed by atoms with Crippen molar-refractivity contribution in [3.05, 3.63) is 101 Å². The van der Waals surface area contributed by atoms with Gasteiger partial charge in [-0.2, -0.15) is 0 Å². The van der Waals surface area contributed by atoms with E-state index in [1.54, 1.807) is 18.2 Å². The lowest BCUT2D eigenvalue weighted by Crippen LogP contribution is -2.29. The first kappa shape index (κ1) is 27.2. The Bertz CT molecular complexity index is 1370. The number of carbonyl (C=O) groups excluding carboxylic acids is 2. The highest BCUT2D eigenvalue weighted by Gasteiger charge is 2.47. The van der Waals surface area contributed by atoms with E-state index in [4.69, 9.17) is 4.74 Å². The van der Waals surface area contributed by atoms with Gasteiger partial charge in [0.1, 0.15) is 11.5 Å². The Morgan fingerprint density at radius 3 is 2.05 bits per heavy atom. The van der Waals surface area contributed by atoms with Crippen LogP contribution in [0.25, 0.3) is 5.76 Å². The molecule has 0 aliphatic carbocycles. The molecule has 0 aromatic heterocycles. The number of Topliss-reactive ketones (excluding diaryl/α,β-unsaturated/α-hetero) is 1. The normalized spacial score (nSPS) is 17.7. The molecule has 3 aromatic rings. The molecule has 1 aliphatic heterocycles. The van der Waals surface area contributed by atoms with Crippen LogP contribution in [0.1, 0.15) is 76.8 Å². The number of para-hydroxylation sites is 1. The Labute approximate surface area is 225 Å². The molecule has 1 amide bonds. The lowest BCUT2D eigenvalue weighted by Gasteiger charge is -2.27. The first-order valence-electron chi connectivity index (χ1n) is 13.1. The first-order valence-corrected chi connectivity index (χ1v) is 13.1. The van der Waals surface area contributed by atoms with Crippen LogP contribution in [-0.4, -0.2) is 23.4 Å². The zero-order valence-corrected chi connectivity index (χ0v) is 23.3. The molecular formula is C33H37NO4. The molecule has 1 atom stereocenters. The Balaban J connectivity index is 1.93. The highest BCUT2D eigenvalue weighted by molar-refractivity contribution is 6.51. The molecule has 0 bridgehead atoms. The second-order valence-corrected chi connectivity index (χ2v) is 11.8. The summed E-state index contributed by atoms with van der Waals surface area (Å²) in [6.45, 7) is 15.1. The largest absolute Gasteiger partial charge is 0.507 e. The van der Waals surface area contributed by atoms with Crippen molar-refractivity contribution < 1.29 is 19.4 Å². The van der Waals surface area contributed by atoms with Gasteiger partial charge in [-0.1, -0.05) is 84.0 Å². The predicted octanol–water partition coefficient (Wildman–Crippen LogP) is 7.31. The van der Waals surface area contributed by atoms with Crippen LogP contribution in [0.5, 0.6) is 5.75 Å². The molecule has 0 saturated carbocycles. The van der Waals surface area contributed by atoms with Gasteiger partial charge >= 0.3 is 0 Å². The minimum Gasteiger partial charge on any atom is -0.507 e. The van der Waals surface area contributed by atoms with Crippen LogP contribution in [0.3, 0.4) is 0 Å². The summed E-state index contributed by atoms with van der Waals surface area (Å²) in [6, 6.07) is 21.7. The number of nitrogens with zero attached hydrogens (tertiary/aromatic N) is 1. The fourth-order valence-electron chi connectivity index (χ4n) is 4.87. The molecule has 5 heteroatoms. The fraction of sp³-hybridized carbons (Fsp3) is 0.333. The number of amides is 1. The number of ketones is 1. The summed E-state index contributed by atoms with van der Waals surface area (Å²) >= 11 is 0. The number of aliphatic hydroxyl groups is 1. The van der Waals surface area contributed by atoms with Crippen LogP contribution < -0.4 is 9.64 Å². The molecule has 1 N–H and O–H groups in total. The monoisotopic (exact) mass is 511 g/mol. The highest BCUT2D eigenvalue weighted by atomic mass is 16.5. The van der Waals surface area contributed by atoms with Gasteiger partial charge in [0.2, 0.25) is 0 Å². The van der Waals surface area contributed by atoms with Crippen molar-refractivity contribution >= 4 is 23.1 Å². The summed E-state index contributed by atoms with van der Waals surface area (Å²) in [5.41, 5.74) is 3.63. The maximum atomic E-state index is 13.5. The van der Waals surface area contributed by atoms with Crippen LogP contribution in [0.2, 0.25) is 0 Å². The van der Waals surface area contributed by atoms with E-state index in [0.717, 1.165) is 22.4 Å². The van der Waals surface area contributed by atoms with Crippen LogP contribution in [0, 0.1) is 0 Å². The van der Waals surface area contributed by atoms with Crippen LogP contribution in [-0.2, 0) is 20.4 Å². The zero-order chi connectivity index (χ0) is 27.8. The summed E-state index contributed by atoms with van der Waals surface area (Å²) < 4.78 is 5.84. The SMILES string of the molecule is CCOc1ccc(/C(O)=C2/C(=O)C(=O)N(c3ccccc3)C2c2ccc(C(C)(C)C)cc2)cc1C(C)(C)C. The summed E-state index contributed by atoms with van der Waals surface area (Å²) in [5.74, 6) is -0.831. The minimum absolute atomic E-state index is 0.0502. The molecule has 1 fully saturated rings. The number of carbonyl (C=O) groups is 2. The predicted molar refractivity (Wildman–Crippen MR) is 153 cm³/mol. The molecule has 0 radical (unpaired) electrons. The number of aliphatic hydroxyl groups excluding tert-OH is 1. The number of anilines is 1. The average Bonchev–Trinajstić information content (AvgIpc) is 3.13. The van der Waals surface area contributed by atoms with Gasteiger partial charge in [0, 0.05) is 16.8 Å². The van der Waals surface area contributed by atoms with Crippen molar-refractivity contribution in [1.82, 2.24) is 0 Å². The van der Waals surface area contributed by atoms with E-state index in [1.807, 2.05) is 61.5 Å². The second-order valence-electron chi connectivity index (χ2n) is 11.8. The van der Waals surface area contributed by atoms with Crippen molar-refractivity contribution in [3.63, 3.8) is 0 Å². The van der Waals surface area contributed by atoms with Crippen molar-refractivity contribution in [1.29, 1.82) is 0 Å². The molecular weight excluding hydrogens is 474 g/mol. The Morgan fingerprint density at radius 2 is 1.50 bits per heavy atom. The topological polar surface area (TPSA) is 66.8 Å². The van der Waals surface area contributed by atoms with E-state index < -0.39 is 17.7 Å². The van der Waals surface area contributed by atoms with Gasteiger partial charge in [-0.3, -0.25) is 14.5 Å². The van der Waals surface area contributed by atoms with Gasteiger partial charge in [-0.05, 0) is 59.2 Å². The number of benzene rings is 3. The van der Waals surface area contributed by atoms with Gasteiger partial charge in [-0.25, -0.2) is 0 Å². The third-order valence-corrected chi connectivity index (χ3v) is 6.93. The van der Waals surface area contributed by atoms with E-state index in [2.05, 4.69) is 41.5 Å². The number of rotatable bonds is 5. The molecule has 0 spiro atoms. The Kier molecular flexibility index (Phi) is 7.24. The van der Waals surface area contributed by atoms with Crippen molar-refractivity contribution in [2.45, 2.75) is 65.3 Å². The quantitative estimate of drug-likeness (QED) is 0.222. The summed E-state index contributed by atoms with van der Waals surface area (Å²) in [7, 11) is 0. The van der Waals surface area contributed by atoms with Gasteiger partial charge in [-0.15, -0.1) is 0 Å². The molecule has 1 heterocycles. The molecule has 38 heavy (non-hydrogen) atoms. The minimum atomic E-state index is -0.768. The molecule has 1 unspecified atom stereocenters. The van der Waals surface area contributed by atoms with Crippen molar-refractivity contribution in [2.24, 2.45) is 0 Å². The summed E-state index contributed by atoms with van der Waals surface area (Å²) in [4.78, 5) is 28.5. The van der Waals surface area contributed by atoms with Crippen LogP contribution in [0.4, 0.5) is 5.69 Å². The number of ether oxygens (including phenoxy) is 1. The van der Waals surface area contributed by atoms with E-state index in [-0.39, 0.29) is 22.2 Å². The van der Waals surface area contributed by atoms with Gasteiger partial charge < -0.3 is 9.84 Å². The lowest BCUT2D eigenvalue weighted by molar-refractivity contribution is -0.132. The van der Waals surface area contributed by atoms with Crippen molar-refractivity contribution in [3.8, 4) is 5.75 Å². The number of hydrogen-bond donors (Lipinski definition) is 1. The van der Waals surface area contributed by atoms with E-state index in [0.29, 0.717) is 17.9 Å². The third kappa shape index (κ3) is 5.10. The Morgan fingerprint density at radius 1 is 0.868 bits per heavy atom. The number of hydrogen-bond acceptors (Lipinski definition) is 4. The average molecular weight is 512 g/mol. The van der Waals surface area contributed by atoms with E-state index in [1.165, 1.54) is 4.90 Å². The molecule has 3 aromatic carbocycles. The standard InChI is InChI=1S/C33H37NO4/c1-8-38-26-19-16-22(20-25(26)33(5,6)7)29(35)27-28(21-14-17-23(18-15-21)32(2,3)4)34(31(37)30(27)36)24-12-10-9-11-13-24/h9-20,28,35H,8H2,1-7H3/b29-27-. The lowest BCUT2D eigenvalue weighted by atomic mass is 9.84. The smallest absolute Gasteiger partial charge is 0.300 e. The Hall–Kier alpha value is -3.86. The fourth-order valence-corrected chi connectivity index (χ4v) is 4.87. The molecule has 1 aliphatic rings. The molecule has 4 rings (SSSR count). The maximum absolute atomic E-state index is 13.5. The van der Waals surface area contributed by atoms with E-state index >= 15 is 0 Å². The maximum Gasteiger partial charge on any atom is 0.300 e. The first-order chi connectivity index (χ1) is 17.8. The zero-order valence-electron chi connectivity index (χ0n) is 23.3. The molecule has 5 nitrogen and oxygen atoms in total. The molecule has 1 saturated heterocycles. The van der Waals surface area contributed by atoms with Gasteiger partial charge in [0.05, 0.1) is 18.2 Å². The van der Waals surface area contributed by atoms with Gasteiger partial charge in [0.15, 0.2) is 0 Å². The molecule has 198 valence electrons. The van der Waals surface area contributed by atoms with Gasteiger partial charge in [0.25, 0.3) is 11.7 Å². The second kappa shape index (κ2) is 10.1. The van der Waals surface area contributed by atoms with Crippen LogP contribution in [0.15, 0.2) is 78.4 Å². The highest BCUT2D eigenvalue weighted by Crippen LogP contribution is 2.43.